The number of anilines is 1. The Morgan fingerprint density at radius 1 is 1.36 bits per heavy atom. The van der Waals surface area contributed by atoms with Gasteiger partial charge in [0.1, 0.15) is 6.61 Å². The van der Waals surface area contributed by atoms with Gasteiger partial charge in [0.15, 0.2) is 5.82 Å². The summed E-state index contributed by atoms with van der Waals surface area (Å²) < 4.78 is 20.7. The second-order valence-corrected chi connectivity index (χ2v) is 6.27. The Bertz CT molecular complexity index is 746. The van der Waals surface area contributed by atoms with E-state index >= 15 is 0 Å². The molecule has 0 aliphatic carbocycles. The largest absolute Gasteiger partial charge is 0.371 e. The summed E-state index contributed by atoms with van der Waals surface area (Å²) in [4.78, 5) is 27.7. The second-order valence-electron chi connectivity index (χ2n) is 6.27. The number of hydrogen-bond acceptors (Lipinski definition) is 6. The van der Waals surface area contributed by atoms with Crippen LogP contribution in [0.4, 0.5) is 10.3 Å². The molecule has 0 spiro atoms. The van der Waals surface area contributed by atoms with Crippen molar-refractivity contribution >= 4 is 11.9 Å². The minimum atomic E-state index is -0.471. The van der Waals surface area contributed by atoms with Crippen LogP contribution in [0, 0.1) is 5.82 Å². The Kier molecular flexibility index (Phi) is 4.93. The Morgan fingerprint density at radius 3 is 2.76 bits per heavy atom. The summed E-state index contributed by atoms with van der Waals surface area (Å²) in [7, 11) is 5.33. The first-order valence-electron chi connectivity index (χ1n) is 7.96. The van der Waals surface area contributed by atoms with Crippen LogP contribution in [-0.4, -0.2) is 64.2 Å². The minimum Gasteiger partial charge on any atom is -0.371 e. The molecule has 1 aliphatic rings. The third-order valence-electron chi connectivity index (χ3n) is 4.16. The normalized spacial score (nSPS) is 16.6. The molecule has 25 heavy (non-hydrogen) atoms. The summed E-state index contributed by atoms with van der Waals surface area (Å²) in [6.07, 6.45) is 4.06. The van der Waals surface area contributed by atoms with Crippen molar-refractivity contribution in [1.29, 1.82) is 0 Å². The highest BCUT2D eigenvalue weighted by Gasteiger charge is 2.30. The quantitative estimate of drug-likeness (QED) is 0.786. The van der Waals surface area contributed by atoms with Gasteiger partial charge in [-0.25, -0.2) is 19.3 Å². The van der Waals surface area contributed by atoms with E-state index in [0.29, 0.717) is 25.6 Å². The van der Waals surface area contributed by atoms with Crippen molar-refractivity contribution in [1.82, 2.24) is 24.4 Å². The molecule has 0 bridgehead atoms. The number of halogens is 1. The summed E-state index contributed by atoms with van der Waals surface area (Å²) in [6, 6.07) is 0. The third kappa shape index (κ3) is 3.76. The molecule has 9 heteroatoms. The third-order valence-corrected chi connectivity index (χ3v) is 4.16. The Morgan fingerprint density at radius 2 is 2.08 bits per heavy atom. The van der Waals surface area contributed by atoms with E-state index in [1.54, 1.807) is 20.4 Å². The van der Waals surface area contributed by atoms with E-state index in [9.17, 15) is 9.18 Å². The van der Waals surface area contributed by atoms with E-state index < -0.39 is 5.82 Å². The topological polar surface area (TPSA) is 76.4 Å². The van der Waals surface area contributed by atoms with Crippen LogP contribution in [0.2, 0.25) is 0 Å². The Balaban J connectivity index is 1.75. The predicted molar refractivity (Wildman–Crippen MR) is 88.5 cm³/mol. The van der Waals surface area contributed by atoms with Crippen molar-refractivity contribution in [3.63, 3.8) is 0 Å². The summed E-state index contributed by atoms with van der Waals surface area (Å²) in [6.45, 7) is 1.57. The average molecular weight is 348 g/mol. The molecular formula is C16H21FN6O2. The molecule has 1 amide bonds. The number of carbonyl (C=O) groups is 1. The first-order valence-corrected chi connectivity index (χ1v) is 7.96. The van der Waals surface area contributed by atoms with Crippen molar-refractivity contribution in [2.45, 2.75) is 12.5 Å². The maximum absolute atomic E-state index is 13.1. The van der Waals surface area contributed by atoms with Gasteiger partial charge in [-0.1, -0.05) is 0 Å². The molecule has 1 atom stereocenters. The number of ether oxygens (including phenoxy) is 1. The van der Waals surface area contributed by atoms with Crippen LogP contribution in [0.3, 0.4) is 0 Å². The van der Waals surface area contributed by atoms with Crippen LogP contribution in [-0.2, 0) is 23.1 Å². The van der Waals surface area contributed by atoms with Crippen molar-refractivity contribution in [2.24, 2.45) is 7.05 Å². The van der Waals surface area contributed by atoms with Gasteiger partial charge in [-0.2, -0.15) is 0 Å². The molecule has 3 rings (SSSR count). The van der Waals surface area contributed by atoms with Gasteiger partial charge in [0.25, 0.3) is 0 Å². The van der Waals surface area contributed by atoms with Crippen molar-refractivity contribution in [3.8, 4) is 0 Å². The van der Waals surface area contributed by atoms with Gasteiger partial charge in [-0.3, -0.25) is 4.79 Å². The Hall–Kier alpha value is -2.55. The van der Waals surface area contributed by atoms with E-state index in [-0.39, 0.29) is 18.4 Å². The van der Waals surface area contributed by atoms with E-state index in [1.165, 1.54) is 4.90 Å². The van der Waals surface area contributed by atoms with E-state index in [1.807, 2.05) is 16.5 Å². The predicted octanol–water partition coefficient (Wildman–Crippen LogP) is 0.558. The lowest BCUT2D eigenvalue weighted by Gasteiger charge is -2.32. The monoisotopic (exact) mass is 348 g/mol. The van der Waals surface area contributed by atoms with E-state index in [2.05, 4.69) is 15.0 Å². The number of aromatic nitrogens is 4. The number of imidazole rings is 1. The Labute approximate surface area is 145 Å². The first-order chi connectivity index (χ1) is 12.0. The molecule has 0 aromatic carbocycles. The molecule has 3 heterocycles. The fraction of sp³-hybridized carbons (Fsp3) is 0.500. The number of fused-ring (bicyclic) bond motifs is 1. The SMILES string of the molecule is CN(C)C(=O)COCC1CN(c2ncc(F)cn2)Cc2ncn(C)c21. The lowest BCUT2D eigenvalue weighted by molar-refractivity contribution is -0.133. The lowest BCUT2D eigenvalue weighted by atomic mass is 9.99. The first kappa shape index (κ1) is 17.3. The molecular weight excluding hydrogens is 327 g/mol. The zero-order valence-electron chi connectivity index (χ0n) is 14.5. The molecule has 134 valence electrons. The smallest absolute Gasteiger partial charge is 0.248 e. The van der Waals surface area contributed by atoms with E-state index in [0.717, 1.165) is 23.8 Å². The average Bonchev–Trinajstić information content (AvgIpc) is 2.96. The van der Waals surface area contributed by atoms with Crippen molar-refractivity contribution in [2.75, 3.05) is 38.8 Å². The number of nitrogens with zero attached hydrogens (tertiary/aromatic N) is 6. The minimum absolute atomic E-state index is 0.0138. The number of aryl methyl sites for hydroxylation is 1. The molecule has 0 fully saturated rings. The van der Waals surface area contributed by atoms with Gasteiger partial charge < -0.3 is 19.1 Å². The summed E-state index contributed by atoms with van der Waals surface area (Å²) >= 11 is 0. The van der Waals surface area contributed by atoms with Gasteiger partial charge >= 0.3 is 0 Å². The van der Waals surface area contributed by atoms with Crippen LogP contribution in [0.15, 0.2) is 18.7 Å². The van der Waals surface area contributed by atoms with Gasteiger partial charge in [-0.15, -0.1) is 0 Å². The molecule has 2 aromatic rings. The molecule has 2 aromatic heterocycles. The van der Waals surface area contributed by atoms with Crippen LogP contribution < -0.4 is 4.90 Å². The van der Waals surface area contributed by atoms with Crippen LogP contribution >= 0.6 is 0 Å². The van der Waals surface area contributed by atoms with Crippen molar-refractivity contribution < 1.29 is 13.9 Å². The van der Waals surface area contributed by atoms with E-state index in [4.69, 9.17) is 4.74 Å². The lowest BCUT2D eigenvalue weighted by Crippen LogP contribution is -2.38. The zero-order chi connectivity index (χ0) is 18.0. The molecule has 1 aliphatic heterocycles. The zero-order valence-corrected chi connectivity index (χ0v) is 14.5. The summed E-state index contributed by atoms with van der Waals surface area (Å²) in [5, 5.41) is 0. The molecule has 0 saturated carbocycles. The van der Waals surface area contributed by atoms with Crippen LogP contribution in [0.5, 0.6) is 0 Å². The van der Waals surface area contributed by atoms with Gasteiger partial charge in [0.05, 0.1) is 37.6 Å². The number of hydrogen-bond donors (Lipinski definition) is 0. The highest BCUT2D eigenvalue weighted by Crippen LogP contribution is 2.29. The second kappa shape index (κ2) is 7.14. The van der Waals surface area contributed by atoms with Gasteiger partial charge in [0.2, 0.25) is 11.9 Å². The van der Waals surface area contributed by atoms with Crippen LogP contribution in [0.1, 0.15) is 17.3 Å². The number of rotatable bonds is 5. The highest BCUT2D eigenvalue weighted by atomic mass is 19.1. The molecule has 0 radical (unpaired) electrons. The summed E-state index contributed by atoms with van der Waals surface area (Å²) in [5.74, 6) is -0.0898. The maximum atomic E-state index is 13.1. The van der Waals surface area contributed by atoms with Crippen molar-refractivity contribution in [3.05, 3.63) is 35.9 Å². The number of likely N-dealkylation sites (N-methyl/N-ethyl adjacent to an activating group) is 1. The maximum Gasteiger partial charge on any atom is 0.248 e. The molecule has 0 N–H and O–H groups in total. The number of carbonyl (C=O) groups excluding carboxylic acids is 1. The standard InChI is InChI=1S/C16H21FN6O2/c1-21(2)14(24)9-25-8-11-6-23(16-18-4-12(17)5-19-16)7-13-15(11)22(3)10-20-13/h4-5,10-11H,6-9H2,1-3H3. The fourth-order valence-corrected chi connectivity index (χ4v) is 2.90. The summed E-state index contributed by atoms with van der Waals surface area (Å²) in [5.41, 5.74) is 1.99. The van der Waals surface area contributed by atoms with Crippen LogP contribution in [0.25, 0.3) is 0 Å². The van der Waals surface area contributed by atoms with Gasteiger partial charge in [0, 0.05) is 39.3 Å². The van der Waals surface area contributed by atoms with Gasteiger partial charge in [-0.05, 0) is 0 Å². The molecule has 8 nitrogen and oxygen atoms in total. The molecule has 1 unspecified atom stereocenters. The highest BCUT2D eigenvalue weighted by molar-refractivity contribution is 5.76. The fourth-order valence-electron chi connectivity index (χ4n) is 2.90. The molecule has 0 saturated heterocycles. The number of amides is 1.